The molecule has 0 unspecified atom stereocenters. The minimum atomic E-state index is -0.0109. The highest BCUT2D eigenvalue weighted by Crippen LogP contribution is 2.16. The third-order valence-electron chi connectivity index (χ3n) is 5.08. The van der Waals surface area contributed by atoms with Crippen molar-refractivity contribution in [1.82, 2.24) is 20.4 Å². The van der Waals surface area contributed by atoms with Gasteiger partial charge < -0.3 is 20.3 Å². The van der Waals surface area contributed by atoms with Crippen LogP contribution in [0.5, 0.6) is 0 Å². The maximum absolute atomic E-state index is 11.9. The highest BCUT2D eigenvalue weighted by atomic mass is 127. The summed E-state index contributed by atoms with van der Waals surface area (Å²) in [6.45, 7) is 7.33. The SMILES string of the molecule is CCOCCCNC(=NCC(=O)N(C)C)NC1CCN(Cc2ccc(Cl)cc2)CC1.I. The molecule has 1 saturated heterocycles. The van der Waals surface area contributed by atoms with Gasteiger partial charge >= 0.3 is 0 Å². The first-order valence-corrected chi connectivity index (χ1v) is 11.1. The molecule has 0 spiro atoms. The van der Waals surface area contributed by atoms with Crippen molar-refractivity contribution >= 4 is 47.4 Å². The zero-order valence-electron chi connectivity index (χ0n) is 18.9. The fourth-order valence-electron chi connectivity index (χ4n) is 3.24. The second-order valence-corrected chi connectivity index (χ2v) is 8.19. The maximum atomic E-state index is 11.9. The lowest BCUT2D eigenvalue weighted by molar-refractivity contribution is -0.127. The number of halogens is 2. The van der Waals surface area contributed by atoms with Crippen molar-refractivity contribution in [2.24, 2.45) is 4.99 Å². The van der Waals surface area contributed by atoms with E-state index in [4.69, 9.17) is 16.3 Å². The Bertz CT molecular complexity index is 664. The number of likely N-dealkylation sites (N-methyl/N-ethyl adjacent to an activating group) is 1. The Balaban J connectivity index is 0.00000480. The summed E-state index contributed by atoms with van der Waals surface area (Å²) >= 11 is 5.98. The van der Waals surface area contributed by atoms with Crippen LogP contribution in [0.2, 0.25) is 5.02 Å². The van der Waals surface area contributed by atoms with Gasteiger partial charge in [-0.15, -0.1) is 24.0 Å². The van der Waals surface area contributed by atoms with Gasteiger partial charge in [-0.2, -0.15) is 0 Å². The molecule has 1 aromatic rings. The molecule has 0 bridgehead atoms. The predicted octanol–water partition coefficient (Wildman–Crippen LogP) is 2.97. The molecule has 0 aromatic heterocycles. The van der Waals surface area contributed by atoms with E-state index in [0.717, 1.165) is 63.7 Å². The Kier molecular flexibility index (Phi) is 14.1. The largest absolute Gasteiger partial charge is 0.382 e. The number of hydrogen-bond donors (Lipinski definition) is 2. The van der Waals surface area contributed by atoms with Crippen molar-refractivity contribution in [3.8, 4) is 0 Å². The van der Waals surface area contributed by atoms with Crippen molar-refractivity contribution in [1.29, 1.82) is 0 Å². The molecule has 2 rings (SSSR count). The van der Waals surface area contributed by atoms with Gasteiger partial charge in [0, 0.05) is 64.6 Å². The summed E-state index contributed by atoms with van der Waals surface area (Å²) < 4.78 is 5.39. The molecule has 0 saturated carbocycles. The van der Waals surface area contributed by atoms with Crippen LogP contribution in [-0.4, -0.2) is 81.2 Å². The number of aliphatic imine (C=N–C) groups is 1. The molecule has 7 nitrogen and oxygen atoms in total. The first-order chi connectivity index (χ1) is 14.5. The Morgan fingerprint density at radius 1 is 1.26 bits per heavy atom. The fourth-order valence-corrected chi connectivity index (χ4v) is 3.37. The van der Waals surface area contributed by atoms with Crippen molar-refractivity contribution in [3.63, 3.8) is 0 Å². The van der Waals surface area contributed by atoms with E-state index in [0.29, 0.717) is 12.0 Å². The number of guanidine groups is 1. The summed E-state index contributed by atoms with van der Waals surface area (Å²) in [5.74, 6) is 0.695. The number of carbonyl (C=O) groups excluding carboxylic acids is 1. The van der Waals surface area contributed by atoms with E-state index in [1.807, 2.05) is 19.1 Å². The van der Waals surface area contributed by atoms with Crippen molar-refractivity contribution in [2.75, 3.05) is 53.5 Å². The van der Waals surface area contributed by atoms with E-state index in [-0.39, 0.29) is 36.4 Å². The average Bonchev–Trinajstić information content (AvgIpc) is 2.74. The quantitative estimate of drug-likeness (QED) is 0.198. The van der Waals surface area contributed by atoms with Gasteiger partial charge in [-0.1, -0.05) is 23.7 Å². The van der Waals surface area contributed by atoms with Gasteiger partial charge in [-0.05, 0) is 43.9 Å². The third kappa shape index (κ3) is 11.4. The van der Waals surface area contributed by atoms with Gasteiger partial charge in [-0.3, -0.25) is 9.69 Å². The molecule has 1 amide bonds. The molecule has 1 aromatic carbocycles. The average molecular weight is 566 g/mol. The van der Waals surface area contributed by atoms with Gasteiger partial charge in [0.25, 0.3) is 0 Å². The zero-order chi connectivity index (χ0) is 21.8. The Labute approximate surface area is 209 Å². The van der Waals surface area contributed by atoms with Crippen molar-refractivity contribution in [2.45, 2.75) is 38.8 Å². The summed E-state index contributed by atoms with van der Waals surface area (Å²) in [6.07, 6.45) is 2.97. The molecule has 1 fully saturated rings. The van der Waals surface area contributed by atoms with E-state index in [1.165, 1.54) is 5.56 Å². The molecule has 1 aliphatic rings. The molecule has 1 heterocycles. The number of rotatable bonds is 10. The Morgan fingerprint density at radius 3 is 2.55 bits per heavy atom. The standard InChI is InChI=1S/C22H36ClN5O2.HI/c1-4-30-15-5-12-24-22(25-16-21(29)27(2)3)26-20-10-13-28(14-11-20)17-18-6-8-19(23)9-7-18;/h6-9,20H,4-5,10-17H2,1-3H3,(H2,24,25,26);1H. The zero-order valence-corrected chi connectivity index (χ0v) is 22.0. The third-order valence-corrected chi connectivity index (χ3v) is 5.33. The van der Waals surface area contributed by atoms with Crippen LogP contribution in [0.25, 0.3) is 0 Å². The molecule has 2 N–H and O–H groups in total. The first kappa shape index (κ1) is 27.9. The molecule has 9 heteroatoms. The number of piperidine rings is 1. The van der Waals surface area contributed by atoms with Crippen molar-refractivity contribution < 1.29 is 9.53 Å². The van der Waals surface area contributed by atoms with Gasteiger partial charge in [-0.25, -0.2) is 4.99 Å². The van der Waals surface area contributed by atoms with Crippen LogP contribution < -0.4 is 10.6 Å². The second kappa shape index (κ2) is 15.7. The van der Waals surface area contributed by atoms with Crippen LogP contribution in [0.1, 0.15) is 31.7 Å². The summed E-state index contributed by atoms with van der Waals surface area (Å²) in [5, 5.41) is 7.63. The monoisotopic (exact) mass is 565 g/mol. The van der Waals surface area contributed by atoms with Crippen LogP contribution in [0.4, 0.5) is 0 Å². The number of amides is 1. The topological polar surface area (TPSA) is 69.2 Å². The lowest BCUT2D eigenvalue weighted by Crippen LogP contribution is -2.49. The maximum Gasteiger partial charge on any atom is 0.243 e. The minimum absolute atomic E-state index is 0. The highest BCUT2D eigenvalue weighted by molar-refractivity contribution is 14.0. The molecule has 1 aliphatic heterocycles. The van der Waals surface area contributed by atoms with E-state index in [2.05, 4.69) is 32.7 Å². The van der Waals surface area contributed by atoms with Crippen LogP contribution in [-0.2, 0) is 16.1 Å². The molecule has 0 radical (unpaired) electrons. The Hall–Kier alpha value is -1.10. The van der Waals surface area contributed by atoms with Crippen LogP contribution in [0.3, 0.4) is 0 Å². The number of carbonyl (C=O) groups is 1. The van der Waals surface area contributed by atoms with Crippen LogP contribution in [0.15, 0.2) is 29.3 Å². The minimum Gasteiger partial charge on any atom is -0.382 e. The van der Waals surface area contributed by atoms with Gasteiger partial charge in [0.15, 0.2) is 5.96 Å². The molecule has 31 heavy (non-hydrogen) atoms. The molecule has 0 atom stereocenters. The summed E-state index contributed by atoms with van der Waals surface area (Å²) in [6, 6.07) is 8.41. The first-order valence-electron chi connectivity index (χ1n) is 10.8. The second-order valence-electron chi connectivity index (χ2n) is 7.75. The number of benzene rings is 1. The van der Waals surface area contributed by atoms with Crippen molar-refractivity contribution in [3.05, 3.63) is 34.9 Å². The van der Waals surface area contributed by atoms with Crippen LogP contribution in [0, 0.1) is 0 Å². The van der Waals surface area contributed by atoms with E-state index >= 15 is 0 Å². The van der Waals surface area contributed by atoms with E-state index in [1.54, 1.807) is 19.0 Å². The number of hydrogen-bond acceptors (Lipinski definition) is 4. The van der Waals surface area contributed by atoms with Gasteiger partial charge in [0.1, 0.15) is 6.54 Å². The molecule has 0 aliphatic carbocycles. The summed E-state index contributed by atoms with van der Waals surface area (Å²) in [4.78, 5) is 20.4. The molecular formula is C22H37ClIN5O2. The summed E-state index contributed by atoms with van der Waals surface area (Å²) in [7, 11) is 3.49. The summed E-state index contributed by atoms with van der Waals surface area (Å²) in [5.41, 5.74) is 1.28. The fraction of sp³-hybridized carbons (Fsp3) is 0.636. The predicted molar refractivity (Wildman–Crippen MR) is 138 cm³/mol. The highest BCUT2D eigenvalue weighted by Gasteiger charge is 2.20. The smallest absolute Gasteiger partial charge is 0.243 e. The van der Waals surface area contributed by atoms with Crippen LogP contribution >= 0.6 is 35.6 Å². The van der Waals surface area contributed by atoms with E-state index in [9.17, 15) is 4.79 Å². The number of likely N-dealkylation sites (tertiary alicyclic amines) is 1. The lowest BCUT2D eigenvalue weighted by Gasteiger charge is -2.33. The Morgan fingerprint density at radius 2 is 1.94 bits per heavy atom. The van der Waals surface area contributed by atoms with Gasteiger partial charge in [0.05, 0.1) is 0 Å². The molecule has 176 valence electrons. The number of nitrogens with one attached hydrogen (secondary N) is 2. The van der Waals surface area contributed by atoms with Gasteiger partial charge in [0.2, 0.25) is 5.91 Å². The number of ether oxygens (including phenoxy) is 1. The number of nitrogens with zero attached hydrogens (tertiary/aromatic N) is 3. The lowest BCUT2D eigenvalue weighted by atomic mass is 10.0. The molecular weight excluding hydrogens is 529 g/mol. The van der Waals surface area contributed by atoms with E-state index < -0.39 is 0 Å². The normalized spacial score (nSPS) is 15.3.